The second-order valence-corrected chi connectivity index (χ2v) is 12.5. The van der Waals surface area contributed by atoms with Gasteiger partial charge in [-0.2, -0.15) is 0 Å². The molecule has 0 unspecified atom stereocenters. The Balaban J connectivity index is 0.00000336. The van der Waals surface area contributed by atoms with Crippen molar-refractivity contribution in [2.75, 3.05) is 0 Å². The quantitative estimate of drug-likeness (QED) is 0.281. The zero-order chi connectivity index (χ0) is 27.5. The maximum Gasteiger partial charge on any atom is 0.320 e. The Bertz CT molecular complexity index is 1070. The van der Waals surface area contributed by atoms with E-state index in [4.69, 9.17) is 23.7 Å². The maximum atomic E-state index is 13.3. The van der Waals surface area contributed by atoms with Gasteiger partial charge in [-0.25, -0.2) is 0 Å². The van der Waals surface area contributed by atoms with Crippen LogP contribution in [0.5, 0.6) is 0 Å². The molecule has 5 fully saturated rings. The van der Waals surface area contributed by atoms with Gasteiger partial charge in [0.2, 0.25) is 6.29 Å². The average molecular weight is 543 g/mol. The highest BCUT2D eigenvalue weighted by molar-refractivity contribution is 5.84. The van der Waals surface area contributed by atoms with E-state index in [1.165, 1.54) is 27.7 Å². The monoisotopic (exact) mass is 542 g/mol. The van der Waals surface area contributed by atoms with Crippen LogP contribution in [0.25, 0.3) is 0 Å². The minimum Gasteiger partial charge on any atom is -0.462 e. The first-order chi connectivity index (χ1) is 17.0. The van der Waals surface area contributed by atoms with Crippen LogP contribution in [-0.4, -0.2) is 81.5 Å². The van der Waals surface area contributed by atoms with E-state index in [1.807, 2.05) is 13.8 Å². The van der Waals surface area contributed by atoms with Gasteiger partial charge in [0.15, 0.2) is 6.10 Å². The first-order valence-electron chi connectivity index (χ1n) is 12.8. The van der Waals surface area contributed by atoms with Crippen LogP contribution in [-0.2, 0) is 42.9 Å². The van der Waals surface area contributed by atoms with Gasteiger partial charge in [0.1, 0.15) is 29.3 Å². The summed E-state index contributed by atoms with van der Waals surface area (Å²) in [6.07, 6.45) is -4.25. The Morgan fingerprint density at radius 3 is 2.03 bits per heavy atom. The van der Waals surface area contributed by atoms with Gasteiger partial charge < -0.3 is 39.4 Å². The van der Waals surface area contributed by atoms with E-state index in [0.717, 1.165) is 0 Å². The molecule has 0 bridgehead atoms. The van der Waals surface area contributed by atoms with Gasteiger partial charge in [-0.3, -0.25) is 19.2 Å². The molecule has 0 radical (unpaired) electrons. The Hall–Kier alpha value is -2.28. The van der Waals surface area contributed by atoms with Crippen LogP contribution >= 0.6 is 0 Å². The van der Waals surface area contributed by atoms with Crippen molar-refractivity contribution in [3.8, 4) is 0 Å². The van der Waals surface area contributed by atoms with E-state index in [9.17, 15) is 29.4 Å². The molecule has 0 aromatic rings. The predicted octanol–water partition coefficient (Wildman–Crippen LogP) is 0.183. The van der Waals surface area contributed by atoms with Crippen LogP contribution in [0.4, 0.5) is 0 Å². The van der Waals surface area contributed by atoms with E-state index < -0.39 is 93.9 Å². The molecule has 2 heterocycles. The number of ether oxygens (including phenoxy) is 5. The van der Waals surface area contributed by atoms with Gasteiger partial charge >= 0.3 is 23.9 Å². The third-order valence-electron chi connectivity index (χ3n) is 10.3. The summed E-state index contributed by atoms with van der Waals surface area (Å²) in [4.78, 5) is 50.4. The molecule has 0 aromatic heterocycles. The zero-order valence-electron chi connectivity index (χ0n) is 22.7. The highest BCUT2D eigenvalue weighted by Crippen LogP contribution is 2.75. The summed E-state index contributed by atoms with van der Waals surface area (Å²) < 4.78 is 28.3. The Kier molecular flexibility index (Phi) is 6.32. The van der Waals surface area contributed by atoms with Gasteiger partial charge in [-0.15, -0.1) is 0 Å². The van der Waals surface area contributed by atoms with E-state index in [1.54, 1.807) is 6.92 Å². The number of aliphatic hydroxyl groups is 2. The van der Waals surface area contributed by atoms with Gasteiger partial charge in [0.25, 0.3) is 0 Å². The molecule has 214 valence electrons. The lowest BCUT2D eigenvalue weighted by molar-refractivity contribution is -0.340. The van der Waals surface area contributed by atoms with Crippen molar-refractivity contribution in [1.82, 2.24) is 0 Å². The van der Waals surface area contributed by atoms with E-state index in [2.05, 4.69) is 0 Å². The SMILES string of the molecule is CC(=O)O[C@@H]1[C@@H]2[C@H](C[C@]3(C(=O)O[C@@H]4O[C@@H]43)[C@]2(C)O)[C@@]2(C)[C@@H](OC(C)=O)CCC(C)(C)[C@]2(O)[C@H]1OC(C)=O.O. The fourth-order valence-electron chi connectivity index (χ4n) is 8.70. The number of hydrogen-bond donors (Lipinski definition) is 2. The minimum absolute atomic E-state index is 0. The molecule has 1 spiro atoms. The highest BCUT2D eigenvalue weighted by Gasteiger charge is 2.87. The van der Waals surface area contributed by atoms with E-state index in [0.29, 0.717) is 12.8 Å². The Morgan fingerprint density at radius 2 is 1.53 bits per heavy atom. The number of hydrogen-bond acceptors (Lipinski definition) is 11. The predicted molar refractivity (Wildman–Crippen MR) is 126 cm³/mol. The number of rotatable bonds is 3. The molecule has 3 aliphatic carbocycles. The first-order valence-corrected chi connectivity index (χ1v) is 12.8. The van der Waals surface area contributed by atoms with Crippen LogP contribution in [0.15, 0.2) is 0 Å². The average Bonchev–Trinajstić information content (AvgIpc) is 3.39. The smallest absolute Gasteiger partial charge is 0.320 e. The van der Waals surface area contributed by atoms with Crippen LogP contribution in [0, 0.1) is 28.1 Å². The zero-order valence-corrected chi connectivity index (χ0v) is 22.7. The number of fused-ring (bicyclic) bond motifs is 5. The number of esters is 4. The number of carbonyl (C=O) groups excluding carboxylic acids is 4. The summed E-state index contributed by atoms with van der Waals surface area (Å²) >= 11 is 0. The van der Waals surface area contributed by atoms with Crippen LogP contribution in [0.3, 0.4) is 0 Å². The van der Waals surface area contributed by atoms with Gasteiger partial charge in [-0.05, 0) is 37.5 Å². The molecule has 12 heteroatoms. The fourth-order valence-corrected chi connectivity index (χ4v) is 8.70. The lowest BCUT2D eigenvalue weighted by Crippen LogP contribution is -2.80. The molecule has 5 aliphatic rings. The maximum absolute atomic E-state index is 13.3. The molecule has 2 aliphatic heterocycles. The van der Waals surface area contributed by atoms with Crippen molar-refractivity contribution < 1.29 is 58.6 Å². The lowest BCUT2D eigenvalue weighted by Gasteiger charge is -2.68. The van der Waals surface area contributed by atoms with Gasteiger partial charge in [0.05, 0.1) is 5.60 Å². The molecule has 3 saturated carbocycles. The molecule has 38 heavy (non-hydrogen) atoms. The molecular formula is C26H38O12. The standard InChI is InChI=1S/C26H36O11.H2O/c1-11(27)33-15-8-9-22(4,5)26(32)18(35-13(3)29)17(34-12(2)28)16-14(23(15,26)6)10-25(24(16,7)31)19-20(36-19)37-21(25)30;/h14-20,31-32H,8-10H2,1-7H3;1H2/t14-,15-,16-,17+,18-,19-,20-,23-,24+,25-,26+;/m0./s1. The Labute approximate surface area is 220 Å². The topological polar surface area (TPSA) is 190 Å². The second kappa shape index (κ2) is 8.36. The summed E-state index contributed by atoms with van der Waals surface area (Å²) in [5.74, 6) is -4.33. The molecule has 11 atom stereocenters. The molecule has 2 saturated heterocycles. The van der Waals surface area contributed by atoms with Crippen molar-refractivity contribution in [3.05, 3.63) is 0 Å². The minimum atomic E-state index is -1.89. The Morgan fingerprint density at radius 1 is 0.947 bits per heavy atom. The van der Waals surface area contributed by atoms with Crippen LogP contribution in [0.1, 0.15) is 67.7 Å². The molecule has 12 nitrogen and oxygen atoms in total. The second-order valence-electron chi connectivity index (χ2n) is 12.5. The van der Waals surface area contributed by atoms with E-state index >= 15 is 0 Å². The third kappa shape index (κ3) is 3.23. The normalized spacial score (nSPS) is 49.5. The van der Waals surface area contributed by atoms with Crippen molar-refractivity contribution in [3.63, 3.8) is 0 Å². The first kappa shape index (κ1) is 28.7. The van der Waals surface area contributed by atoms with Crippen molar-refractivity contribution in [2.24, 2.45) is 28.1 Å². The number of epoxide rings is 1. The third-order valence-corrected chi connectivity index (χ3v) is 10.3. The fraction of sp³-hybridized carbons (Fsp3) is 0.846. The summed E-state index contributed by atoms with van der Waals surface area (Å²) in [6, 6.07) is 0. The molecular weight excluding hydrogens is 504 g/mol. The largest absolute Gasteiger partial charge is 0.462 e. The highest BCUT2D eigenvalue weighted by atomic mass is 16.8. The molecule has 0 amide bonds. The van der Waals surface area contributed by atoms with Gasteiger partial charge in [-0.1, -0.05) is 20.8 Å². The molecule has 5 rings (SSSR count). The van der Waals surface area contributed by atoms with E-state index in [-0.39, 0.29) is 11.9 Å². The van der Waals surface area contributed by atoms with Crippen molar-refractivity contribution in [2.45, 2.75) is 110 Å². The van der Waals surface area contributed by atoms with Crippen molar-refractivity contribution >= 4 is 23.9 Å². The number of carbonyl (C=O) groups is 4. The summed E-state index contributed by atoms with van der Waals surface area (Å²) in [5, 5.41) is 25.1. The summed E-state index contributed by atoms with van der Waals surface area (Å²) in [5.41, 5.74) is -7.50. The van der Waals surface area contributed by atoms with Crippen LogP contribution in [0.2, 0.25) is 0 Å². The lowest BCUT2D eigenvalue weighted by atomic mass is 9.41. The van der Waals surface area contributed by atoms with Crippen LogP contribution < -0.4 is 0 Å². The molecule has 0 aromatic carbocycles. The summed E-state index contributed by atoms with van der Waals surface area (Å²) in [6.45, 7) is 10.5. The summed E-state index contributed by atoms with van der Waals surface area (Å²) in [7, 11) is 0. The van der Waals surface area contributed by atoms with Crippen molar-refractivity contribution in [1.29, 1.82) is 0 Å². The molecule has 4 N–H and O–H groups in total. The van der Waals surface area contributed by atoms with Gasteiger partial charge in [0, 0.05) is 32.1 Å².